The van der Waals surface area contributed by atoms with Crippen LogP contribution >= 0.6 is 0 Å². The fourth-order valence-electron chi connectivity index (χ4n) is 3.72. The largest absolute Gasteiger partial charge is 0.497 e. The van der Waals surface area contributed by atoms with Crippen LogP contribution in [0.4, 0.5) is 0 Å². The number of hydrogen-bond acceptors (Lipinski definition) is 4. The lowest BCUT2D eigenvalue weighted by molar-refractivity contribution is 0.414. The summed E-state index contributed by atoms with van der Waals surface area (Å²) < 4.78 is 11.8. The van der Waals surface area contributed by atoms with E-state index in [2.05, 4.69) is 11.6 Å². The van der Waals surface area contributed by atoms with E-state index in [9.17, 15) is 9.59 Å². The summed E-state index contributed by atoms with van der Waals surface area (Å²) in [5.41, 5.74) is 3.37. The van der Waals surface area contributed by atoms with Crippen molar-refractivity contribution >= 4 is 16.9 Å². The second-order valence-corrected chi connectivity index (χ2v) is 7.32. The number of imidazole rings is 2. The highest BCUT2D eigenvalue weighted by atomic mass is 16.5. The van der Waals surface area contributed by atoms with Crippen molar-refractivity contribution in [3.05, 3.63) is 68.6 Å². The minimum absolute atomic E-state index is 0.170. The summed E-state index contributed by atoms with van der Waals surface area (Å²) in [4.78, 5) is 30.7. The van der Waals surface area contributed by atoms with Crippen molar-refractivity contribution in [1.82, 2.24) is 23.1 Å². The molecule has 0 aliphatic heterocycles. The summed E-state index contributed by atoms with van der Waals surface area (Å²) in [5, 5.41) is 0. The molecule has 0 aliphatic carbocycles. The molecule has 0 saturated heterocycles. The first-order valence-corrected chi connectivity index (χ1v) is 9.25. The maximum Gasteiger partial charge on any atom is 0.332 e. The lowest BCUT2D eigenvalue weighted by Crippen LogP contribution is -2.39. The highest BCUT2D eigenvalue weighted by molar-refractivity contribution is 5.77. The van der Waals surface area contributed by atoms with Gasteiger partial charge in [-0.15, -0.1) is 0 Å². The van der Waals surface area contributed by atoms with Gasteiger partial charge in [0.15, 0.2) is 11.2 Å². The zero-order chi connectivity index (χ0) is 21.0. The van der Waals surface area contributed by atoms with Crippen molar-refractivity contribution in [2.24, 2.45) is 7.05 Å². The molecule has 0 N–H and O–H groups in total. The van der Waals surface area contributed by atoms with Crippen LogP contribution in [-0.4, -0.2) is 30.2 Å². The van der Waals surface area contributed by atoms with Crippen molar-refractivity contribution in [3.8, 4) is 11.4 Å². The van der Waals surface area contributed by atoms with E-state index in [1.54, 1.807) is 21.1 Å². The molecule has 0 aliphatic rings. The molecule has 8 heteroatoms. The van der Waals surface area contributed by atoms with Crippen LogP contribution < -0.4 is 16.0 Å². The minimum Gasteiger partial charge on any atom is -0.497 e. The van der Waals surface area contributed by atoms with Crippen molar-refractivity contribution < 1.29 is 4.74 Å². The van der Waals surface area contributed by atoms with Gasteiger partial charge in [-0.05, 0) is 32.9 Å². The molecule has 8 nitrogen and oxygen atoms in total. The highest BCUT2D eigenvalue weighted by Gasteiger charge is 2.23. The van der Waals surface area contributed by atoms with Crippen LogP contribution in [0.25, 0.3) is 22.6 Å². The van der Waals surface area contributed by atoms with Gasteiger partial charge in [0.2, 0.25) is 5.78 Å². The van der Waals surface area contributed by atoms with Crippen molar-refractivity contribution in [2.75, 3.05) is 7.11 Å². The van der Waals surface area contributed by atoms with Gasteiger partial charge in [0.25, 0.3) is 5.56 Å². The van der Waals surface area contributed by atoms with Gasteiger partial charge >= 0.3 is 5.69 Å². The number of allylic oxidation sites excluding steroid dienone is 1. The van der Waals surface area contributed by atoms with Crippen molar-refractivity contribution in [3.63, 3.8) is 0 Å². The molecular formula is C21H23N5O3. The monoisotopic (exact) mass is 393 g/mol. The molecule has 0 unspecified atom stereocenters. The fourth-order valence-corrected chi connectivity index (χ4v) is 3.72. The first kappa shape index (κ1) is 18.8. The molecule has 0 atom stereocenters. The molecule has 1 aromatic carbocycles. The van der Waals surface area contributed by atoms with E-state index in [4.69, 9.17) is 4.74 Å². The molecule has 4 aromatic rings. The third kappa shape index (κ3) is 2.63. The summed E-state index contributed by atoms with van der Waals surface area (Å²) in [6.45, 7) is 9.71. The Balaban J connectivity index is 2.16. The smallest absolute Gasteiger partial charge is 0.332 e. The number of methoxy groups -OCH3 is 1. The van der Waals surface area contributed by atoms with Gasteiger partial charge in [0.05, 0.1) is 19.3 Å². The predicted octanol–water partition coefficient (Wildman–Crippen LogP) is 2.34. The lowest BCUT2D eigenvalue weighted by Gasteiger charge is -2.09. The highest BCUT2D eigenvalue weighted by Crippen LogP contribution is 2.26. The summed E-state index contributed by atoms with van der Waals surface area (Å²) in [6.07, 6.45) is 0. The fraction of sp³-hybridized carbons (Fsp3) is 0.286. The molecule has 0 fully saturated rings. The molecule has 0 amide bonds. The lowest BCUT2D eigenvalue weighted by atomic mass is 10.3. The number of aryl methyl sites for hydroxylation is 2. The van der Waals surface area contributed by atoms with Crippen LogP contribution in [0.1, 0.15) is 18.3 Å². The third-order valence-electron chi connectivity index (χ3n) is 5.26. The Kier molecular flexibility index (Phi) is 4.22. The normalized spacial score (nSPS) is 11.5. The Morgan fingerprint density at radius 1 is 1.21 bits per heavy atom. The molecule has 0 radical (unpaired) electrons. The van der Waals surface area contributed by atoms with Crippen LogP contribution in [-0.2, 0) is 13.6 Å². The molecule has 3 aromatic heterocycles. The second kappa shape index (κ2) is 6.51. The number of aromatic nitrogens is 5. The Morgan fingerprint density at radius 2 is 1.93 bits per heavy atom. The van der Waals surface area contributed by atoms with Gasteiger partial charge in [0, 0.05) is 24.5 Å². The molecule has 0 saturated carbocycles. The quantitative estimate of drug-likeness (QED) is 0.499. The van der Waals surface area contributed by atoms with E-state index >= 15 is 0 Å². The van der Waals surface area contributed by atoms with E-state index in [1.165, 1.54) is 9.13 Å². The average molecular weight is 393 g/mol. The Bertz CT molecular complexity index is 1410. The van der Waals surface area contributed by atoms with E-state index in [0.717, 1.165) is 28.4 Å². The topological polar surface area (TPSA) is 75.5 Å². The standard InChI is InChI=1S/C21H23N5O3/c1-12(2)11-24-19(27)17-18(23(5)21(24)28)22-20-25(13(3)14(4)26(17)20)15-8-7-9-16(10-15)29-6/h7-10H,1,11H2,2-6H3. The van der Waals surface area contributed by atoms with Gasteiger partial charge < -0.3 is 4.74 Å². The molecule has 4 rings (SSSR count). The number of rotatable bonds is 4. The first-order valence-electron chi connectivity index (χ1n) is 9.25. The molecule has 150 valence electrons. The maximum atomic E-state index is 13.2. The van der Waals surface area contributed by atoms with Crippen LogP contribution in [0.5, 0.6) is 5.75 Å². The van der Waals surface area contributed by atoms with Crippen molar-refractivity contribution in [2.45, 2.75) is 27.3 Å². The molecule has 0 bridgehead atoms. The molecule has 3 heterocycles. The third-order valence-corrected chi connectivity index (χ3v) is 5.26. The summed E-state index contributed by atoms with van der Waals surface area (Å²) in [6, 6.07) is 7.63. The SMILES string of the molecule is C=C(C)Cn1c(=O)c2c(nc3n(-c4cccc(OC)c4)c(C)c(C)n23)n(C)c1=O. The van der Waals surface area contributed by atoms with Gasteiger partial charge in [-0.25, -0.2) is 4.79 Å². The van der Waals surface area contributed by atoms with Crippen LogP contribution in [0.2, 0.25) is 0 Å². The number of fused-ring (bicyclic) bond motifs is 3. The number of hydrogen-bond donors (Lipinski definition) is 0. The molecule has 29 heavy (non-hydrogen) atoms. The number of ether oxygens (including phenoxy) is 1. The molecular weight excluding hydrogens is 370 g/mol. The van der Waals surface area contributed by atoms with Gasteiger partial charge in [-0.2, -0.15) is 4.98 Å². The van der Waals surface area contributed by atoms with Gasteiger partial charge in [-0.1, -0.05) is 18.2 Å². The summed E-state index contributed by atoms with van der Waals surface area (Å²) in [7, 11) is 3.25. The Morgan fingerprint density at radius 3 is 2.59 bits per heavy atom. The van der Waals surface area contributed by atoms with Crippen LogP contribution in [0.15, 0.2) is 46.0 Å². The van der Waals surface area contributed by atoms with Gasteiger partial charge in [-0.3, -0.25) is 22.9 Å². The van der Waals surface area contributed by atoms with Crippen molar-refractivity contribution in [1.29, 1.82) is 0 Å². The first-order chi connectivity index (χ1) is 13.8. The van der Waals surface area contributed by atoms with Gasteiger partial charge in [0.1, 0.15) is 5.75 Å². The van der Waals surface area contributed by atoms with Crippen LogP contribution in [0.3, 0.4) is 0 Å². The zero-order valence-electron chi connectivity index (χ0n) is 17.2. The van der Waals surface area contributed by atoms with E-state index in [0.29, 0.717) is 16.9 Å². The zero-order valence-corrected chi connectivity index (χ0v) is 17.2. The Labute approximate surface area is 166 Å². The van der Waals surface area contributed by atoms with E-state index < -0.39 is 5.69 Å². The summed E-state index contributed by atoms with van der Waals surface area (Å²) in [5.74, 6) is 1.29. The van der Waals surface area contributed by atoms with E-state index in [1.807, 2.05) is 47.1 Å². The summed E-state index contributed by atoms with van der Waals surface area (Å²) >= 11 is 0. The maximum absolute atomic E-state index is 13.2. The molecule has 0 spiro atoms. The predicted molar refractivity (Wildman–Crippen MR) is 112 cm³/mol. The second-order valence-electron chi connectivity index (χ2n) is 7.32. The van der Waals surface area contributed by atoms with E-state index in [-0.39, 0.29) is 12.1 Å². The minimum atomic E-state index is -0.409. The average Bonchev–Trinajstić information content (AvgIpc) is 3.19. The Hall–Kier alpha value is -3.55. The number of nitrogens with zero attached hydrogens (tertiary/aromatic N) is 5. The van der Waals surface area contributed by atoms with Crippen LogP contribution in [0, 0.1) is 13.8 Å². The number of benzene rings is 1.